The molecule has 0 spiro atoms. The Morgan fingerprint density at radius 3 is 2.52 bits per heavy atom. The third-order valence-electron chi connectivity index (χ3n) is 5.93. The molecule has 3 aromatic heterocycles. The molecule has 0 bridgehead atoms. The van der Waals surface area contributed by atoms with Crippen LogP contribution in [0.25, 0.3) is 5.65 Å². The maximum atomic E-state index is 12.8. The molecule has 1 amide bonds. The summed E-state index contributed by atoms with van der Waals surface area (Å²) in [6.07, 6.45) is 3.93. The van der Waals surface area contributed by atoms with Crippen molar-refractivity contribution < 1.29 is 9.32 Å². The van der Waals surface area contributed by atoms with Gasteiger partial charge in [0.1, 0.15) is 5.76 Å². The number of carbonyl (C=O) groups excluding carboxylic acids is 1. The van der Waals surface area contributed by atoms with E-state index in [-0.39, 0.29) is 17.2 Å². The first-order valence-electron chi connectivity index (χ1n) is 10.4. The lowest BCUT2D eigenvalue weighted by molar-refractivity contribution is 0.0700. The van der Waals surface area contributed by atoms with Gasteiger partial charge in [0.05, 0.1) is 5.69 Å². The molecule has 3 aromatic rings. The van der Waals surface area contributed by atoms with Crippen molar-refractivity contribution >= 4 is 11.6 Å². The normalized spacial score (nSPS) is 18.5. The molecule has 29 heavy (non-hydrogen) atoms. The molecule has 0 radical (unpaired) electrons. The summed E-state index contributed by atoms with van der Waals surface area (Å²) < 4.78 is 7.22. The zero-order valence-corrected chi connectivity index (χ0v) is 17.1. The molecule has 5 rings (SSSR count). The lowest BCUT2D eigenvalue weighted by Crippen LogP contribution is -2.38. The average Bonchev–Trinajstić information content (AvgIpc) is 3.28. The van der Waals surface area contributed by atoms with Crippen LogP contribution in [-0.4, -0.2) is 48.9 Å². The van der Waals surface area contributed by atoms with Crippen LogP contribution in [0.4, 0.5) is 0 Å². The number of hydrogen-bond acceptors (Lipinski definition) is 6. The van der Waals surface area contributed by atoms with Gasteiger partial charge in [-0.3, -0.25) is 4.79 Å². The van der Waals surface area contributed by atoms with Gasteiger partial charge >= 0.3 is 0 Å². The molecule has 1 aliphatic heterocycles. The number of carbonyl (C=O) groups is 1. The largest absolute Gasteiger partial charge is 0.360 e. The number of nitrogens with zero attached hydrogens (tertiary/aromatic N) is 6. The van der Waals surface area contributed by atoms with Crippen LogP contribution in [0, 0.1) is 0 Å². The second-order valence-corrected chi connectivity index (χ2v) is 9.25. The maximum absolute atomic E-state index is 12.8. The number of amides is 1. The molecule has 0 unspecified atom stereocenters. The summed E-state index contributed by atoms with van der Waals surface area (Å²) in [5.74, 6) is 2.38. The quantitative estimate of drug-likeness (QED) is 0.677. The highest BCUT2D eigenvalue weighted by atomic mass is 16.5. The Morgan fingerprint density at radius 2 is 1.83 bits per heavy atom. The van der Waals surface area contributed by atoms with Crippen LogP contribution < -0.4 is 0 Å². The Morgan fingerprint density at radius 1 is 1.07 bits per heavy atom. The molecule has 0 aromatic carbocycles. The molecular weight excluding hydrogens is 368 g/mol. The van der Waals surface area contributed by atoms with E-state index in [1.54, 1.807) is 0 Å². The minimum absolute atomic E-state index is 0.0393. The minimum Gasteiger partial charge on any atom is -0.360 e. The number of rotatable bonds is 3. The fourth-order valence-corrected chi connectivity index (χ4v) is 3.91. The first-order valence-corrected chi connectivity index (χ1v) is 10.4. The Bertz CT molecular complexity index is 1050. The molecule has 4 heterocycles. The van der Waals surface area contributed by atoms with Crippen molar-refractivity contribution in [2.75, 3.05) is 13.1 Å². The summed E-state index contributed by atoms with van der Waals surface area (Å²) in [7, 11) is 0. The van der Waals surface area contributed by atoms with Crippen LogP contribution in [-0.2, 0) is 5.41 Å². The van der Waals surface area contributed by atoms with Crippen molar-refractivity contribution in [1.29, 1.82) is 0 Å². The Kier molecular flexibility index (Phi) is 4.18. The first kappa shape index (κ1) is 18.3. The van der Waals surface area contributed by atoms with Gasteiger partial charge in [-0.1, -0.05) is 25.9 Å². The van der Waals surface area contributed by atoms with E-state index in [4.69, 9.17) is 9.62 Å². The Balaban J connectivity index is 1.30. The summed E-state index contributed by atoms with van der Waals surface area (Å²) in [6.45, 7) is 7.78. The average molecular weight is 394 g/mol. The van der Waals surface area contributed by atoms with Gasteiger partial charge in [0.25, 0.3) is 5.91 Å². The van der Waals surface area contributed by atoms with Crippen molar-refractivity contribution in [1.82, 2.24) is 29.9 Å². The van der Waals surface area contributed by atoms with Crippen molar-refractivity contribution in [2.45, 2.75) is 63.7 Å². The molecule has 152 valence electrons. The standard InChI is InChI=1S/C21H26N6O2/c1-21(2,3)17-6-7-18-22-23-19(27(18)24-17)14-8-10-26(11-9-14)20(28)15-12-16(29-25-15)13-4-5-13/h6-7,12-14H,4-5,8-11H2,1-3H3. The van der Waals surface area contributed by atoms with Gasteiger partial charge in [0.15, 0.2) is 17.2 Å². The third kappa shape index (κ3) is 3.41. The van der Waals surface area contributed by atoms with Crippen molar-refractivity contribution in [2.24, 2.45) is 0 Å². The molecule has 2 fully saturated rings. The topological polar surface area (TPSA) is 89.4 Å². The lowest BCUT2D eigenvalue weighted by atomic mass is 9.92. The van der Waals surface area contributed by atoms with Crippen molar-refractivity contribution in [3.05, 3.63) is 41.2 Å². The van der Waals surface area contributed by atoms with Crippen LogP contribution in [0.3, 0.4) is 0 Å². The predicted molar refractivity (Wildman–Crippen MR) is 106 cm³/mol. The van der Waals surface area contributed by atoms with Gasteiger partial charge in [-0.05, 0) is 37.8 Å². The molecular formula is C21H26N6O2. The summed E-state index contributed by atoms with van der Waals surface area (Å²) in [5, 5.41) is 17.5. The molecule has 2 aliphatic rings. The fraction of sp³-hybridized carbons (Fsp3) is 0.571. The van der Waals surface area contributed by atoms with Crippen LogP contribution >= 0.6 is 0 Å². The van der Waals surface area contributed by atoms with E-state index < -0.39 is 0 Å². The van der Waals surface area contributed by atoms with Gasteiger partial charge in [0.2, 0.25) is 0 Å². The zero-order valence-electron chi connectivity index (χ0n) is 17.1. The minimum atomic E-state index is -0.0432. The predicted octanol–water partition coefficient (Wildman–Crippen LogP) is 3.31. The van der Waals surface area contributed by atoms with Gasteiger partial charge in [-0.15, -0.1) is 10.2 Å². The van der Waals surface area contributed by atoms with Crippen LogP contribution in [0.5, 0.6) is 0 Å². The maximum Gasteiger partial charge on any atom is 0.276 e. The van der Waals surface area contributed by atoms with Crippen molar-refractivity contribution in [3.8, 4) is 0 Å². The second kappa shape index (κ2) is 6.64. The number of likely N-dealkylation sites (tertiary alicyclic amines) is 1. The number of piperidine rings is 1. The van der Waals surface area contributed by atoms with Crippen LogP contribution in [0.1, 0.15) is 86.1 Å². The van der Waals surface area contributed by atoms with E-state index in [1.807, 2.05) is 27.6 Å². The van der Waals surface area contributed by atoms with E-state index in [1.165, 1.54) is 0 Å². The number of aromatic nitrogens is 5. The van der Waals surface area contributed by atoms with E-state index in [0.717, 1.165) is 48.6 Å². The molecule has 1 saturated carbocycles. The highest BCUT2D eigenvalue weighted by Gasteiger charge is 2.32. The lowest BCUT2D eigenvalue weighted by Gasteiger charge is -2.30. The van der Waals surface area contributed by atoms with E-state index in [2.05, 4.69) is 36.1 Å². The molecule has 8 heteroatoms. The summed E-state index contributed by atoms with van der Waals surface area (Å²) in [4.78, 5) is 14.6. The monoisotopic (exact) mass is 394 g/mol. The van der Waals surface area contributed by atoms with Crippen LogP contribution in [0.2, 0.25) is 0 Å². The van der Waals surface area contributed by atoms with Crippen molar-refractivity contribution in [3.63, 3.8) is 0 Å². The summed E-state index contributed by atoms with van der Waals surface area (Å²) >= 11 is 0. The van der Waals surface area contributed by atoms with E-state index in [9.17, 15) is 4.79 Å². The van der Waals surface area contributed by atoms with Gasteiger partial charge in [0, 0.05) is 36.4 Å². The molecule has 1 saturated heterocycles. The highest BCUT2D eigenvalue weighted by molar-refractivity contribution is 5.92. The highest BCUT2D eigenvalue weighted by Crippen LogP contribution is 2.40. The first-order chi connectivity index (χ1) is 13.9. The zero-order chi connectivity index (χ0) is 20.2. The Hall–Kier alpha value is -2.77. The summed E-state index contributed by atoms with van der Waals surface area (Å²) in [6, 6.07) is 5.81. The molecule has 1 aliphatic carbocycles. The van der Waals surface area contributed by atoms with Gasteiger partial charge in [-0.2, -0.15) is 9.61 Å². The Labute approximate surface area is 169 Å². The van der Waals surface area contributed by atoms with E-state index in [0.29, 0.717) is 24.7 Å². The smallest absolute Gasteiger partial charge is 0.276 e. The molecule has 0 atom stereocenters. The fourth-order valence-electron chi connectivity index (χ4n) is 3.91. The van der Waals surface area contributed by atoms with E-state index >= 15 is 0 Å². The SMILES string of the molecule is CC(C)(C)c1ccc2nnc(C3CCN(C(=O)c4cc(C5CC5)on4)CC3)n2n1. The third-order valence-corrected chi connectivity index (χ3v) is 5.93. The number of hydrogen-bond donors (Lipinski definition) is 0. The van der Waals surface area contributed by atoms with Gasteiger partial charge < -0.3 is 9.42 Å². The second-order valence-electron chi connectivity index (χ2n) is 9.25. The van der Waals surface area contributed by atoms with Gasteiger partial charge in [-0.25, -0.2) is 0 Å². The molecule has 0 N–H and O–H groups in total. The molecule has 8 nitrogen and oxygen atoms in total. The van der Waals surface area contributed by atoms with Crippen LogP contribution in [0.15, 0.2) is 22.7 Å². The summed E-state index contributed by atoms with van der Waals surface area (Å²) in [5.41, 5.74) is 2.16. The number of fused-ring (bicyclic) bond motifs is 1.